The van der Waals surface area contributed by atoms with Gasteiger partial charge in [0.15, 0.2) is 0 Å². The number of hydrogen-bond acceptors (Lipinski definition) is 2. The fraction of sp³-hybridized carbons (Fsp3) is 0.286. The lowest BCUT2D eigenvalue weighted by molar-refractivity contribution is -0.120. The summed E-state index contributed by atoms with van der Waals surface area (Å²) in [5, 5.41) is 8.66. The van der Waals surface area contributed by atoms with Gasteiger partial charge in [-0.15, -0.1) is 0 Å². The molecule has 0 spiro atoms. The maximum absolute atomic E-state index is 11.1. The second kappa shape index (κ2) is 6.49. The number of carbonyl (C=O) groups is 1. The van der Waals surface area contributed by atoms with Crippen molar-refractivity contribution in [2.75, 3.05) is 0 Å². The van der Waals surface area contributed by atoms with Crippen LogP contribution in [0.1, 0.15) is 30.9 Å². The molecule has 0 saturated heterocycles. The molecule has 0 radical (unpaired) electrons. The second-order valence-electron chi connectivity index (χ2n) is 3.89. The van der Waals surface area contributed by atoms with Crippen molar-refractivity contribution in [3.63, 3.8) is 0 Å². The average molecular weight is 228 g/mol. The first-order valence-corrected chi connectivity index (χ1v) is 5.65. The molecule has 1 unspecified atom stereocenters. The molecule has 0 aliphatic carbocycles. The van der Waals surface area contributed by atoms with Crippen LogP contribution in [0.25, 0.3) is 6.08 Å². The summed E-state index contributed by atoms with van der Waals surface area (Å²) in [4.78, 5) is 11.1. The molecular weight excluding hydrogens is 212 g/mol. The van der Waals surface area contributed by atoms with E-state index in [-0.39, 0.29) is 11.8 Å². The number of nitrogens with two attached hydrogens (primary N) is 1. The van der Waals surface area contributed by atoms with Gasteiger partial charge in [0.05, 0.1) is 17.6 Å². The number of nitriles is 1. The van der Waals surface area contributed by atoms with Crippen LogP contribution in [0.15, 0.2) is 30.3 Å². The number of rotatable bonds is 5. The highest BCUT2D eigenvalue weighted by atomic mass is 16.1. The summed E-state index contributed by atoms with van der Waals surface area (Å²) in [6, 6.07) is 9.25. The van der Waals surface area contributed by atoms with Gasteiger partial charge in [-0.05, 0) is 24.1 Å². The van der Waals surface area contributed by atoms with Gasteiger partial charge in [0, 0.05) is 0 Å². The Hall–Kier alpha value is -2.08. The molecule has 0 bridgehead atoms. The van der Waals surface area contributed by atoms with Crippen LogP contribution in [-0.4, -0.2) is 5.91 Å². The van der Waals surface area contributed by atoms with Gasteiger partial charge in [0.1, 0.15) is 0 Å². The van der Waals surface area contributed by atoms with E-state index in [0.29, 0.717) is 5.56 Å². The van der Waals surface area contributed by atoms with Gasteiger partial charge in [-0.2, -0.15) is 5.26 Å². The zero-order valence-electron chi connectivity index (χ0n) is 9.89. The Morgan fingerprint density at radius 3 is 2.59 bits per heavy atom. The minimum absolute atomic E-state index is 0.212. The zero-order chi connectivity index (χ0) is 12.7. The smallest absolute Gasteiger partial charge is 0.224 e. The number of nitrogens with zero attached hydrogens (tertiary/aromatic N) is 1. The lowest BCUT2D eigenvalue weighted by Crippen LogP contribution is -2.21. The largest absolute Gasteiger partial charge is 0.369 e. The van der Waals surface area contributed by atoms with Crippen LogP contribution >= 0.6 is 0 Å². The van der Waals surface area contributed by atoms with Crippen LogP contribution in [0.4, 0.5) is 0 Å². The van der Waals surface area contributed by atoms with Gasteiger partial charge < -0.3 is 5.73 Å². The third-order valence-corrected chi connectivity index (χ3v) is 2.53. The summed E-state index contributed by atoms with van der Waals surface area (Å²) in [5.74, 6) is -0.507. The molecule has 1 aromatic carbocycles. The van der Waals surface area contributed by atoms with Crippen molar-refractivity contribution in [1.82, 2.24) is 0 Å². The molecule has 2 N–H and O–H groups in total. The van der Waals surface area contributed by atoms with Gasteiger partial charge in [0.25, 0.3) is 0 Å². The van der Waals surface area contributed by atoms with E-state index >= 15 is 0 Å². The van der Waals surface area contributed by atoms with Crippen molar-refractivity contribution in [2.24, 2.45) is 11.7 Å². The number of benzene rings is 1. The van der Waals surface area contributed by atoms with Crippen LogP contribution in [0.2, 0.25) is 0 Å². The molecule has 0 aliphatic rings. The maximum atomic E-state index is 11.1. The number of carbonyl (C=O) groups excluding carboxylic acids is 1. The highest BCUT2D eigenvalue weighted by molar-refractivity contribution is 5.79. The number of primary amides is 1. The van der Waals surface area contributed by atoms with E-state index in [1.165, 1.54) is 0 Å². The molecule has 0 heterocycles. The van der Waals surface area contributed by atoms with Gasteiger partial charge in [0.2, 0.25) is 5.91 Å². The van der Waals surface area contributed by atoms with E-state index in [0.717, 1.165) is 18.4 Å². The molecule has 1 rings (SSSR count). The molecule has 3 heteroatoms. The van der Waals surface area contributed by atoms with Crippen LogP contribution in [-0.2, 0) is 4.79 Å². The molecule has 17 heavy (non-hydrogen) atoms. The summed E-state index contributed by atoms with van der Waals surface area (Å²) in [5.41, 5.74) is 6.89. The number of amides is 1. The van der Waals surface area contributed by atoms with Crippen LogP contribution in [0, 0.1) is 17.2 Å². The normalized spacial score (nSPS) is 12.2. The van der Waals surface area contributed by atoms with Crippen molar-refractivity contribution in [3.8, 4) is 6.07 Å². The molecule has 1 atom stereocenters. The molecule has 0 aliphatic heterocycles. The lowest BCUT2D eigenvalue weighted by Gasteiger charge is -2.05. The van der Waals surface area contributed by atoms with Crippen molar-refractivity contribution in [2.45, 2.75) is 19.8 Å². The van der Waals surface area contributed by atoms with Gasteiger partial charge in [-0.25, -0.2) is 0 Å². The average Bonchev–Trinajstić information content (AvgIpc) is 2.34. The first-order valence-electron chi connectivity index (χ1n) is 5.65. The Labute approximate surface area is 102 Å². The Balaban J connectivity index is 2.74. The summed E-state index contributed by atoms with van der Waals surface area (Å²) < 4.78 is 0. The molecule has 0 fully saturated rings. The quantitative estimate of drug-likeness (QED) is 0.841. The molecule has 0 aromatic heterocycles. The van der Waals surface area contributed by atoms with E-state index in [4.69, 9.17) is 11.0 Å². The van der Waals surface area contributed by atoms with Crippen LogP contribution < -0.4 is 5.73 Å². The lowest BCUT2D eigenvalue weighted by atomic mass is 10.0. The van der Waals surface area contributed by atoms with Crippen molar-refractivity contribution < 1.29 is 4.79 Å². The van der Waals surface area contributed by atoms with Crippen molar-refractivity contribution >= 4 is 12.0 Å². The van der Waals surface area contributed by atoms with Crippen molar-refractivity contribution in [1.29, 1.82) is 5.26 Å². The van der Waals surface area contributed by atoms with E-state index in [1.54, 1.807) is 12.1 Å². The predicted molar refractivity (Wildman–Crippen MR) is 67.8 cm³/mol. The maximum Gasteiger partial charge on any atom is 0.224 e. The summed E-state index contributed by atoms with van der Waals surface area (Å²) >= 11 is 0. The standard InChI is InChI=1S/C14H16N2O/c1-2-3-13(14(16)17)9-8-11-4-6-12(10-15)7-5-11/h4-9,13H,2-3H2,1H3,(H2,16,17). The van der Waals surface area contributed by atoms with Gasteiger partial charge in [-0.1, -0.05) is 37.6 Å². The van der Waals surface area contributed by atoms with E-state index in [9.17, 15) is 4.79 Å². The fourth-order valence-electron chi connectivity index (χ4n) is 1.54. The second-order valence-corrected chi connectivity index (χ2v) is 3.89. The van der Waals surface area contributed by atoms with Gasteiger partial charge >= 0.3 is 0 Å². The molecule has 88 valence electrons. The Morgan fingerprint density at radius 2 is 2.12 bits per heavy atom. The van der Waals surface area contributed by atoms with Gasteiger partial charge in [-0.3, -0.25) is 4.79 Å². The molecule has 1 aromatic rings. The first-order chi connectivity index (χ1) is 8.17. The Morgan fingerprint density at radius 1 is 1.47 bits per heavy atom. The minimum atomic E-state index is -0.295. The monoisotopic (exact) mass is 228 g/mol. The third-order valence-electron chi connectivity index (χ3n) is 2.53. The van der Waals surface area contributed by atoms with Crippen LogP contribution in [0.3, 0.4) is 0 Å². The summed E-state index contributed by atoms with van der Waals surface area (Å²) in [6.07, 6.45) is 5.38. The zero-order valence-corrected chi connectivity index (χ0v) is 9.89. The van der Waals surface area contributed by atoms with E-state index in [2.05, 4.69) is 6.07 Å². The topological polar surface area (TPSA) is 66.9 Å². The first kappa shape index (κ1) is 13.0. The van der Waals surface area contributed by atoms with Crippen LogP contribution in [0.5, 0.6) is 0 Å². The minimum Gasteiger partial charge on any atom is -0.369 e. The molecule has 1 amide bonds. The summed E-state index contributed by atoms with van der Waals surface area (Å²) in [7, 11) is 0. The molecule has 0 saturated carbocycles. The Kier molecular flexibility index (Phi) is 4.96. The molecular formula is C14H16N2O. The fourth-order valence-corrected chi connectivity index (χ4v) is 1.54. The highest BCUT2D eigenvalue weighted by Crippen LogP contribution is 2.11. The third kappa shape index (κ3) is 4.12. The predicted octanol–water partition coefficient (Wildman–Crippen LogP) is 2.47. The highest BCUT2D eigenvalue weighted by Gasteiger charge is 2.09. The van der Waals surface area contributed by atoms with Crippen molar-refractivity contribution in [3.05, 3.63) is 41.5 Å². The Bertz CT molecular complexity index is 440. The van der Waals surface area contributed by atoms with E-state index in [1.807, 2.05) is 31.2 Å². The summed E-state index contributed by atoms with van der Waals surface area (Å²) in [6.45, 7) is 2.02. The molecule has 3 nitrogen and oxygen atoms in total. The van der Waals surface area contributed by atoms with E-state index < -0.39 is 0 Å². The number of hydrogen-bond donors (Lipinski definition) is 1. The SMILES string of the molecule is CCCC(C=Cc1ccc(C#N)cc1)C(N)=O.